The number of nitrogens with one attached hydrogen (secondary N) is 1. The molecule has 0 bridgehead atoms. The van der Waals surface area contributed by atoms with Gasteiger partial charge in [-0.3, -0.25) is 5.84 Å². The van der Waals surface area contributed by atoms with E-state index in [0.29, 0.717) is 0 Å². The van der Waals surface area contributed by atoms with Crippen molar-refractivity contribution in [2.45, 2.75) is 19.6 Å². The van der Waals surface area contributed by atoms with E-state index >= 15 is 0 Å². The van der Waals surface area contributed by atoms with Gasteiger partial charge in [-0.2, -0.15) is 8.78 Å². The number of aryl methyl sites for hydroxylation is 1. The largest absolute Gasteiger partial charge is 0.435 e. The third-order valence-electron chi connectivity index (χ3n) is 2.67. The number of hydrogen-bond acceptors (Lipinski definition) is 4. The molecule has 1 heterocycles. The summed E-state index contributed by atoms with van der Waals surface area (Å²) in [5.74, 6) is 5.69. The Hall–Kier alpha value is -1.50. The van der Waals surface area contributed by atoms with Crippen LogP contribution in [0.5, 0.6) is 5.75 Å². The summed E-state index contributed by atoms with van der Waals surface area (Å²) in [6.07, 6.45) is 0. The van der Waals surface area contributed by atoms with E-state index in [-0.39, 0.29) is 11.8 Å². The molecule has 0 aliphatic heterocycles. The molecule has 3 N–H and O–H groups in total. The van der Waals surface area contributed by atoms with Gasteiger partial charge in [0, 0.05) is 4.88 Å². The number of benzene rings is 1. The summed E-state index contributed by atoms with van der Waals surface area (Å²) in [6.45, 7) is -0.833. The number of ether oxygens (including phenoxy) is 1. The zero-order chi connectivity index (χ0) is 13.8. The lowest BCUT2D eigenvalue weighted by Gasteiger charge is -2.16. The fraction of sp³-hybridized carbons (Fsp3) is 0.231. The Morgan fingerprint density at radius 1 is 1.26 bits per heavy atom. The average molecular weight is 284 g/mol. The van der Waals surface area contributed by atoms with Crippen LogP contribution in [0.2, 0.25) is 0 Å². The van der Waals surface area contributed by atoms with Crippen LogP contribution in [0.15, 0.2) is 35.7 Å². The van der Waals surface area contributed by atoms with Crippen LogP contribution in [0, 0.1) is 6.92 Å². The Labute approximate surface area is 114 Å². The van der Waals surface area contributed by atoms with E-state index in [9.17, 15) is 8.78 Å². The lowest BCUT2D eigenvalue weighted by atomic mass is 10.0. The second kappa shape index (κ2) is 6.10. The number of hydrazine groups is 1. The van der Waals surface area contributed by atoms with Crippen LogP contribution in [0.4, 0.5) is 8.78 Å². The third-order valence-corrected chi connectivity index (χ3v) is 3.55. The van der Waals surface area contributed by atoms with Crippen LogP contribution in [-0.4, -0.2) is 6.61 Å². The lowest BCUT2D eigenvalue weighted by Crippen LogP contribution is -2.28. The van der Waals surface area contributed by atoms with Gasteiger partial charge in [0.1, 0.15) is 5.75 Å². The molecule has 102 valence electrons. The molecule has 1 aromatic carbocycles. The molecule has 2 rings (SSSR count). The van der Waals surface area contributed by atoms with Gasteiger partial charge in [-0.25, -0.2) is 5.43 Å². The molecule has 1 atom stereocenters. The Kier molecular flexibility index (Phi) is 4.47. The maximum Gasteiger partial charge on any atom is 0.387 e. The summed E-state index contributed by atoms with van der Waals surface area (Å²) in [5.41, 5.74) is 4.47. The Bertz CT molecular complexity index is 545. The predicted molar refractivity (Wildman–Crippen MR) is 71.3 cm³/mol. The molecule has 0 radical (unpaired) electrons. The first-order valence-electron chi connectivity index (χ1n) is 5.66. The second-order valence-corrected chi connectivity index (χ2v) is 5.16. The fourth-order valence-electron chi connectivity index (χ4n) is 1.87. The van der Waals surface area contributed by atoms with E-state index < -0.39 is 6.61 Å². The Balaban J connectivity index is 2.28. The van der Waals surface area contributed by atoms with E-state index in [1.807, 2.05) is 24.4 Å². The van der Waals surface area contributed by atoms with Crippen LogP contribution >= 0.6 is 11.3 Å². The van der Waals surface area contributed by atoms with Crippen molar-refractivity contribution in [3.63, 3.8) is 0 Å². The summed E-state index contributed by atoms with van der Waals surface area (Å²) in [6, 6.07) is 8.29. The van der Waals surface area contributed by atoms with E-state index in [1.54, 1.807) is 23.5 Å². The van der Waals surface area contributed by atoms with Crippen molar-refractivity contribution in [1.82, 2.24) is 5.43 Å². The normalized spacial score (nSPS) is 12.7. The van der Waals surface area contributed by atoms with Crippen molar-refractivity contribution in [1.29, 1.82) is 0 Å². The Morgan fingerprint density at radius 3 is 2.63 bits per heavy atom. The van der Waals surface area contributed by atoms with Crippen molar-refractivity contribution in [2.24, 2.45) is 5.84 Å². The molecule has 0 spiro atoms. The molecular formula is C13H14F2N2OS. The molecule has 1 aromatic heterocycles. The third kappa shape index (κ3) is 3.50. The number of hydrogen-bond donors (Lipinski definition) is 2. The number of alkyl halides is 2. The highest BCUT2D eigenvalue weighted by atomic mass is 32.1. The highest BCUT2D eigenvalue weighted by Gasteiger charge is 2.15. The van der Waals surface area contributed by atoms with Gasteiger partial charge in [0.25, 0.3) is 0 Å². The summed E-state index contributed by atoms with van der Waals surface area (Å²) in [4.78, 5) is 1.16. The van der Waals surface area contributed by atoms with Crippen molar-refractivity contribution < 1.29 is 13.5 Å². The molecule has 0 aliphatic carbocycles. The number of halogens is 2. The van der Waals surface area contributed by atoms with E-state index in [1.165, 1.54) is 6.07 Å². The zero-order valence-electron chi connectivity index (χ0n) is 10.3. The van der Waals surface area contributed by atoms with Crippen LogP contribution in [-0.2, 0) is 0 Å². The van der Waals surface area contributed by atoms with Crippen molar-refractivity contribution in [3.05, 3.63) is 51.7 Å². The van der Waals surface area contributed by atoms with Gasteiger partial charge in [-0.05, 0) is 41.6 Å². The van der Waals surface area contributed by atoms with Crippen LogP contribution < -0.4 is 16.0 Å². The smallest absolute Gasteiger partial charge is 0.387 e. The average Bonchev–Trinajstić information content (AvgIpc) is 2.76. The highest BCUT2D eigenvalue weighted by molar-refractivity contribution is 7.10. The maximum absolute atomic E-state index is 12.2. The SMILES string of the molecule is Cc1cc(C(NN)c2cccc(OC(F)F)c2)cs1. The topological polar surface area (TPSA) is 47.3 Å². The minimum atomic E-state index is -2.83. The number of rotatable bonds is 5. The molecule has 3 nitrogen and oxygen atoms in total. The fourth-order valence-corrected chi connectivity index (χ4v) is 2.60. The van der Waals surface area contributed by atoms with E-state index in [0.717, 1.165) is 16.0 Å². The van der Waals surface area contributed by atoms with Gasteiger partial charge in [0.15, 0.2) is 0 Å². The number of thiophene rings is 1. The van der Waals surface area contributed by atoms with Crippen LogP contribution in [0.1, 0.15) is 22.0 Å². The van der Waals surface area contributed by atoms with Crippen LogP contribution in [0.25, 0.3) is 0 Å². The minimum absolute atomic E-state index is 0.125. The maximum atomic E-state index is 12.2. The molecule has 2 aromatic rings. The molecule has 6 heteroatoms. The molecular weight excluding hydrogens is 270 g/mol. The summed E-state index contributed by atoms with van der Waals surface area (Å²) in [5, 5.41) is 1.99. The molecule has 0 saturated carbocycles. The molecule has 0 saturated heterocycles. The van der Waals surface area contributed by atoms with Gasteiger partial charge in [0.2, 0.25) is 0 Å². The molecule has 19 heavy (non-hydrogen) atoms. The summed E-state index contributed by atoms with van der Waals surface area (Å²) < 4.78 is 28.8. The Morgan fingerprint density at radius 2 is 2.05 bits per heavy atom. The first kappa shape index (κ1) is 13.9. The monoisotopic (exact) mass is 284 g/mol. The number of nitrogens with two attached hydrogens (primary N) is 1. The summed E-state index contributed by atoms with van der Waals surface area (Å²) >= 11 is 1.61. The van der Waals surface area contributed by atoms with Crippen LogP contribution in [0.3, 0.4) is 0 Å². The quantitative estimate of drug-likeness (QED) is 0.654. The van der Waals surface area contributed by atoms with Gasteiger partial charge < -0.3 is 4.74 Å². The molecule has 0 fully saturated rings. The first-order chi connectivity index (χ1) is 9.10. The lowest BCUT2D eigenvalue weighted by molar-refractivity contribution is -0.0498. The predicted octanol–water partition coefficient (Wildman–Crippen LogP) is 3.21. The molecule has 1 unspecified atom stereocenters. The highest BCUT2D eigenvalue weighted by Crippen LogP contribution is 2.28. The molecule has 0 aliphatic rings. The first-order valence-corrected chi connectivity index (χ1v) is 6.54. The standard InChI is InChI=1S/C13H14F2N2OS/c1-8-5-10(7-19-8)12(17-16)9-3-2-4-11(6-9)18-13(14)15/h2-7,12-13,17H,16H2,1H3. The van der Waals surface area contributed by atoms with Gasteiger partial charge in [-0.1, -0.05) is 12.1 Å². The van der Waals surface area contributed by atoms with Crippen molar-refractivity contribution in [2.75, 3.05) is 0 Å². The minimum Gasteiger partial charge on any atom is -0.435 e. The van der Waals surface area contributed by atoms with E-state index in [4.69, 9.17) is 5.84 Å². The molecule has 0 amide bonds. The van der Waals surface area contributed by atoms with Crippen molar-refractivity contribution >= 4 is 11.3 Å². The van der Waals surface area contributed by atoms with Gasteiger partial charge in [-0.15, -0.1) is 11.3 Å². The van der Waals surface area contributed by atoms with Crippen molar-refractivity contribution in [3.8, 4) is 5.75 Å². The zero-order valence-corrected chi connectivity index (χ0v) is 11.1. The van der Waals surface area contributed by atoms with Gasteiger partial charge >= 0.3 is 6.61 Å². The van der Waals surface area contributed by atoms with Gasteiger partial charge in [0.05, 0.1) is 6.04 Å². The van der Waals surface area contributed by atoms with E-state index in [2.05, 4.69) is 10.2 Å². The summed E-state index contributed by atoms with van der Waals surface area (Å²) in [7, 11) is 0. The second-order valence-electron chi connectivity index (χ2n) is 4.04.